The number of sulfonamides is 1. The highest BCUT2D eigenvalue weighted by Gasteiger charge is 2.34. The van der Waals surface area contributed by atoms with Crippen molar-refractivity contribution in [1.82, 2.24) is 15.2 Å². The number of H-pyrrole nitrogens is 1. The van der Waals surface area contributed by atoms with E-state index in [0.717, 1.165) is 0 Å². The van der Waals surface area contributed by atoms with Crippen molar-refractivity contribution in [1.29, 1.82) is 0 Å². The number of fused-ring (bicyclic) bond motifs is 2. The minimum Gasteiger partial charge on any atom is -0.289 e. The predicted octanol–water partition coefficient (Wildman–Crippen LogP) is 2.10. The molecule has 0 bridgehead atoms. The van der Waals surface area contributed by atoms with Crippen LogP contribution in [0.15, 0.2) is 52.5 Å². The minimum atomic E-state index is -4.17. The van der Waals surface area contributed by atoms with Crippen molar-refractivity contribution < 1.29 is 18.0 Å². The number of hydrogen-bond acceptors (Lipinski definition) is 7. The van der Waals surface area contributed by atoms with E-state index in [-0.39, 0.29) is 38.9 Å². The van der Waals surface area contributed by atoms with Crippen LogP contribution < -0.4 is 4.72 Å². The van der Waals surface area contributed by atoms with Crippen molar-refractivity contribution in [2.75, 3.05) is 11.0 Å². The normalized spacial score (nSPS) is 13.2. The van der Waals surface area contributed by atoms with Crippen molar-refractivity contribution in [2.45, 2.75) is 10.1 Å². The third-order valence-electron chi connectivity index (χ3n) is 4.08. The second kappa shape index (κ2) is 6.32. The SMILES string of the molecule is CSc1n[nH]c(NS(=O)(=O)c2cccc3c2C(=O)c2ccccc2C3=O)n1. The lowest BCUT2D eigenvalue weighted by Crippen LogP contribution is -2.25. The molecular formula is C17H12N4O4S2. The summed E-state index contributed by atoms with van der Waals surface area (Å²) in [6.45, 7) is 0. The minimum absolute atomic E-state index is 0.0592. The Morgan fingerprint density at radius 3 is 2.30 bits per heavy atom. The number of benzene rings is 2. The van der Waals surface area contributed by atoms with Gasteiger partial charge in [0.15, 0.2) is 11.6 Å². The molecule has 0 fully saturated rings. The second-order valence-corrected chi connectivity index (χ2v) is 8.08. The molecule has 4 rings (SSSR count). The van der Waals surface area contributed by atoms with E-state index in [4.69, 9.17) is 0 Å². The van der Waals surface area contributed by atoms with Gasteiger partial charge in [0.05, 0.1) is 10.5 Å². The van der Waals surface area contributed by atoms with E-state index in [1.54, 1.807) is 24.5 Å². The topological polar surface area (TPSA) is 122 Å². The average Bonchev–Trinajstić information content (AvgIpc) is 3.12. The highest BCUT2D eigenvalue weighted by Crippen LogP contribution is 2.32. The summed E-state index contributed by atoms with van der Waals surface area (Å²) in [5.41, 5.74) is 0.363. The maximum Gasteiger partial charge on any atom is 0.264 e. The smallest absolute Gasteiger partial charge is 0.264 e. The number of hydrogen-bond donors (Lipinski definition) is 2. The molecule has 8 nitrogen and oxygen atoms in total. The number of aromatic nitrogens is 3. The summed E-state index contributed by atoms with van der Waals surface area (Å²) >= 11 is 1.24. The molecule has 0 saturated heterocycles. The molecule has 136 valence electrons. The van der Waals surface area contributed by atoms with Crippen LogP contribution in [0.4, 0.5) is 5.95 Å². The number of rotatable bonds is 4. The van der Waals surface area contributed by atoms with Gasteiger partial charge in [0.2, 0.25) is 11.1 Å². The van der Waals surface area contributed by atoms with Crippen molar-refractivity contribution >= 4 is 39.3 Å². The first-order valence-corrected chi connectivity index (χ1v) is 10.4. The molecule has 0 spiro atoms. The first-order valence-electron chi connectivity index (χ1n) is 7.73. The fourth-order valence-electron chi connectivity index (χ4n) is 2.90. The van der Waals surface area contributed by atoms with E-state index < -0.39 is 15.8 Å². The molecule has 10 heteroatoms. The molecule has 0 unspecified atom stereocenters. The maximum atomic E-state index is 12.9. The van der Waals surface area contributed by atoms with E-state index in [2.05, 4.69) is 19.9 Å². The standard InChI is InChI=1S/C17H12N4O4S2/c1-26-17-18-16(19-20-17)21-27(24,25)12-8-4-7-11-13(12)15(23)10-6-3-2-5-9(10)14(11)22/h2-8H,1H3,(H2,18,19,20,21). The monoisotopic (exact) mass is 400 g/mol. The molecular weight excluding hydrogens is 388 g/mol. The number of thioether (sulfide) groups is 1. The Morgan fingerprint density at radius 2 is 1.63 bits per heavy atom. The van der Waals surface area contributed by atoms with Gasteiger partial charge in [-0.25, -0.2) is 18.2 Å². The van der Waals surface area contributed by atoms with Gasteiger partial charge < -0.3 is 0 Å². The van der Waals surface area contributed by atoms with Crippen molar-refractivity contribution in [3.8, 4) is 0 Å². The third-order valence-corrected chi connectivity index (χ3v) is 6.01. The second-order valence-electron chi connectivity index (χ2n) is 5.66. The molecule has 0 saturated carbocycles. The Morgan fingerprint density at radius 1 is 0.963 bits per heavy atom. The van der Waals surface area contributed by atoms with Gasteiger partial charge >= 0.3 is 0 Å². The quantitative estimate of drug-likeness (QED) is 0.503. The lowest BCUT2D eigenvalue weighted by molar-refractivity contribution is 0.0976. The van der Waals surface area contributed by atoms with Gasteiger partial charge in [0.1, 0.15) is 0 Å². The summed E-state index contributed by atoms with van der Waals surface area (Å²) < 4.78 is 28.0. The third kappa shape index (κ3) is 2.82. The number of anilines is 1. The summed E-state index contributed by atoms with van der Waals surface area (Å²) in [6, 6.07) is 10.5. The summed E-state index contributed by atoms with van der Waals surface area (Å²) in [5.74, 6) is -0.975. The van der Waals surface area contributed by atoms with Gasteiger partial charge in [-0.1, -0.05) is 48.2 Å². The molecule has 0 atom stereocenters. The number of ketones is 2. The fourth-order valence-corrected chi connectivity index (χ4v) is 4.41. The van der Waals surface area contributed by atoms with Crippen LogP contribution in [0.2, 0.25) is 0 Å². The fraction of sp³-hybridized carbons (Fsp3) is 0.0588. The van der Waals surface area contributed by atoms with Gasteiger partial charge in [0.25, 0.3) is 10.0 Å². The Labute approximate surface area is 158 Å². The molecule has 27 heavy (non-hydrogen) atoms. The van der Waals surface area contributed by atoms with E-state index in [1.807, 2.05) is 0 Å². The number of carbonyl (C=O) groups excluding carboxylic acids is 2. The Hall–Kier alpha value is -2.98. The molecule has 2 N–H and O–H groups in total. The largest absolute Gasteiger partial charge is 0.289 e. The van der Waals surface area contributed by atoms with Gasteiger partial charge in [0, 0.05) is 16.7 Å². The van der Waals surface area contributed by atoms with Crippen LogP contribution in [0.25, 0.3) is 0 Å². The summed E-state index contributed by atoms with van der Waals surface area (Å²) in [6.07, 6.45) is 1.75. The Bertz CT molecular complexity index is 1200. The van der Waals surface area contributed by atoms with Crippen molar-refractivity contribution in [3.05, 3.63) is 64.7 Å². The van der Waals surface area contributed by atoms with Crippen LogP contribution in [0, 0.1) is 0 Å². The lowest BCUT2D eigenvalue weighted by atomic mass is 9.84. The molecule has 2 aromatic carbocycles. The molecule has 1 aromatic heterocycles. The molecule has 1 aliphatic rings. The van der Waals surface area contributed by atoms with Crippen LogP contribution in [0.3, 0.4) is 0 Å². The van der Waals surface area contributed by atoms with Gasteiger partial charge in [-0.3, -0.25) is 9.59 Å². The number of nitrogens with one attached hydrogen (secondary N) is 2. The molecule has 0 amide bonds. The zero-order valence-electron chi connectivity index (χ0n) is 13.9. The maximum absolute atomic E-state index is 12.9. The molecule has 1 aliphatic carbocycles. The lowest BCUT2D eigenvalue weighted by Gasteiger charge is -2.19. The number of carbonyl (C=O) groups is 2. The molecule has 3 aromatic rings. The van der Waals surface area contributed by atoms with Crippen LogP contribution >= 0.6 is 11.8 Å². The Balaban J connectivity index is 1.84. The van der Waals surface area contributed by atoms with Gasteiger partial charge in [-0.15, -0.1) is 5.10 Å². The first-order chi connectivity index (χ1) is 12.9. The van der Waals surface area contributed by atoms with E-state index in [1.165, 1.54) is 36.0 Å². The van der Waals surface area contributed by atoms with E-state index in [0.29, 0.717) is 5.16 Å². The van der Waals surface area contributed by atoms with Crippen LogP contribution in [-0.2, 0) is 10.0 Å². The predicted molar refractivity (Wildman–Crippen MR) is 98.7 cm³/mol. The molecule has 1 heterocycles. The van der Waals surface area contributed by atoms with Crippen LogP contribution in [-0.4, -0.2) is 41.4 Å². The summed E-state index contributed by atoms with van der Waals surface area (Å²) in [7, 11) is -4.17. The zero-order chi connectivity index (χ0) is 19.2. The van der Waals surface area contributed by atoms with Crippen molar-refractivity contribution in [3.63, 3.8) is 0 Å². The van der Waals surface area contributed by atoms with Crippen molar-refractivity contribution in [2.24, 2.45) is 0 Å². The summed E-state index contributed by atoms with van der Waals surface area (Å²) in [4.78, 5) is 29.4. The van der Waals surface area contributed by atoms with Crippen LogP contribution in [0.5, 0.6) is 0 Å². The van der Waals surface area contributed by atoms with E-state index in [9.17, 15) is 18.0 Å². The summed E-state index contributed by atoms with van der Waals surface area (Å²) in [5, 5.41) is 6.67. The van der Waals surface area contributed by atoms with Gasteiger partial charge in [-0.2, -0.15) is 4.98 Å². The number of aromatic amines is 1. The van der Waals surface area contributed by atoms with E-state index >= 15 is 0 Å². The van der Waals surface area contributed by atoms with Gasteiger partial charge in [-0.05, 0) is 12.3 Å². The zero-order valence-corrected chi connectivity index (χ0v) is 15.5. The Kier molecular flexibility index (Phi) is 4.08. The van der Waals surface area contributed by atoms with Crippen LogP contribution in [0.1, 0.15) is 31.8 Å². The molecule has 0 radical (unpaired) electrons. The average molecular weight is 400 g/mol. The highest BCUT2D eigenvalue weighted by molar-refractivity contribution is 7.98. The number of nitrogens with zero attached hydrogens (tertiary/aromatic N) is 2. The first kappa shape index (κ1) is 17.4. The molecule has 0 aliphatic heterocycles. The highest BCUT2D eigenvalue weighted by atomic mass is 32.2.